The molecule has 0 atom stereocenters. The molecule has 149 valence electrons. The Morgan fingerprint density at radius 2 is 1.29 bits per heavy atom. The molecule has 2 aromatic rings. The Kier molecular flexibility index (Phi) is 9.69. The van der Waals surface area contributed by atoms with Crippen LogP contribution in [0, 0.1) is 17.0 Å². The predicted octanol–water partition coefficient (Wildman–Crippen LogP) is 7.34. The highest BCUT2D eigenvalue weighted by Crippen LogP contribution is 2.23. The van der Waals surface area contributed by atoms with Gasteiger partial charge in [0.05, 0.1) is 22.9 Å². The van der Waals surface area contributed by atoms with Crippen LogP contribution in [0.3, 0.4) is 0 Å². The van der Waals surface area contributed by atoms with Gasteiger partial charge in [0.2, 0.25) is 0 Å². The minimum Gasteiger partial charge on any atom is -0.494 e. The van der Waals surface area contributed by atoms with Crippen molar-refractivity contribution >= 4 is 17.1 Å². The molecule has 0 heterocycles. The summed E-state index contributed by atoms with van der Waals surface area (Å²) in [7, 11) is 0. The maximum absolute atomic E-state index is 10.6. The van der Waals surface area contributed by atoms with Crippen LogP contribution in [-0.2, 0) is 0 Å². The average Bonchev–Trinajstić information content (AvgIpc) is 2.72. The van der Waals surface area contributed by atoms with Crippen molar-refractivity contribution in [3.63, 3.8) is 0 Å². The monoisotopic (exact) mass is 382 g/mol. The molecular weight excluding hydrogens is 354 g/mol. The van der Waals surface area contributed by atoms with E-state index < -0.39 is 4.92 Å². The molecule has 0 aliphatic heterocycles. The Bertz CT molecular complexity index is 728. The number of non-ortho nitro benzene ring substituents is 1. The van der Waals surface area contributed by atoms with Gasteiger partial charge in [-0.15, -0.1) is 0 Å². The Balaban J connectivity index is 1.66. The summed E-state index contributed by atoms with van der Waals surface area (Å²) in [5.41, 5.74) is 1.31. The second kappa shape index (κ2) is 12.6. The van der Waals surface area contributed by atoms with Gasteiger partial charge in [-0.2, -0.15) is 10.2 Å². The number of nitrogens with zero attached hydrogens (tertiary/aromatic N) is 3. The molecule has 0 fully saturated rings. The van der Waals surface area contributed by atoms with E-state index >= 15 is 0 Å². The Labute approximate surface area is 166 Å². The molecule has 0 bridgehead atoms. The van der Waals surface area contributed by atoms with Crippen LogP contribution < -0.4 is 4.74 Å². The maximum Gasteiger partial charge on any atom is 0.269 e. The quantitative estimate of drug-likeness (QED) is 0.157. The lowest BCUT2D eigenvalue weighted by Gasteiger charge is -2.06. The molecule has 6 heteroatoms. The lowest BCUT2D eigenvalue weighted by atomic mass is 10.1. The van der Waals surface area contributed by atoms with Crippen LogP contribution in [0.25, 0.3) is 0 Å². The normalized spacial score (nSPS) is 11.0. The molecule has 0 unspecified atom stereocenters. The largest absolute Gasteiger partial charge is 0.494 e. The van der Waals surface area contributed by atoms with Crippen molar-refractivity contribution in [3.05, 3.63) is 65.6 Å². The van der Waals surface area contributed by atoms with Crippen molar-refractivity contribution in [1.82, 2.24) is 0 Å². The van der Waals surface area contributed by atoms with E-state index in [0.717, 1.165) is 25.2 Å². The zero-order valence-electron chi connectivity index (χ0n) is 16.3. The van der Waals surface area contributed by atoms with Crippen molar-refractivity contribution in [3.8, 4) is 5.75 Å². The highest BCUT2D eigenvalue weighted by Gasteiger charge is 2.03. The summed E-state index contributed by atoms with van der Waals surface area (Å²) in [4.78, 5) is 10.2. The second-order valence-corrected chi connectivity index (χ2v) is 6.64. The van der Waals surface area contributed by atoms with Crippen molar-refractivity contribution < 1.29 is 9.66 Å². The van der Waals surface area contributed by atoms with E-state index in [1.54, 1.807) is 12.1 Å². The van der Waals surface area contributed by atoms with Gasteiger partial charge in [-0.25, -0.2) is 0 Å². The van der Waals surface area contributed by atoms with E-state index in [-0.39, 0.29) is 5.69 Å². The first-order valence-electron chi connectivity index (χ1n) is 9.87. The fourth-order valence-corrected chi connectivity index (χ4v) is 2.72. The predicted molar refractivity (Wildman–Crippen MR) is 112 cm³/mol. The molecule has 0 aromatic heterocycles. The molecule has 6 nitrogen and oxygen atoms in total. The van der Waals surface area contributed by atoms with Gasteiger partial charge in [-0.1, -0.05) is 51.9 Å². The van der Waals surface area contributed by atoms with Gasteiger partial charge in [-0.3, -0.25) is 10.1 Å². The van der Waals surface area contributed by atoms with Crippen LogP contribution in [0.1, 0.15) is 51.4 Å². The van der Waals surface area contributed by atoms with Crippen molar-refractivity contribution in [1.29, 1.82) is 0 Å². The smallest absolute Gasteiger partial charge is 0.269 e. The highest BCUT2D eigenvalue weighted by molar-refractivity contribution is 5.45. The van der Waals surface area contributed by atoms with E-state index in [4.69, 9.17) is 4.74 Å². The summed E-state index contributed by atoms with van der Waals surface area (Å²) >= 11 is 0. The standard InChI is InChI=1S/C22H28N3O3/c1-2-3-4-5-6-7-8-9-18-28-22-16-12-20(13-17-22)24-23-19-10-14-21(15-11-19)25(26)27/h10-17H,1-9,18H2. The maximum atomic E-state index is 10.6. The average molecular weight is 382 g/mol. The molecular formula is C22H28N3O3. The first-order chi connectivity index (χ1) is 13.7. The lowest BCUT2D eigenvalue weighted by molar-refractivity contribution is -0.384. The number of ether oxygens (including phenoxy) is 1. The number of unbranched alkanes of at least 4 members (excludes halogenated alkanes) is 7. The molecule has 2 rings (SSSR count). The van der Waals surface area contributed by atoms with Gasteiger partial charge in [0.15, 0.2) is 0 Å². The van der Waals surface area contributed by atoms with Crippen LogP contribution in [0.4, 0.5) is 17.1 Å². The van der Waals surface area contributed by atoms with Gasteiger partial charge < -0.3 is 4.74 Å². The summed E-state index contributed by atoms with van der Waals surface area (Å²) in [6.07, 6.45) is 9.73. The van der Waals surface area contributed by atoms with Crippen LogP contribution in [0.2, 0.25) is 0 Å². The Morgan fingerprint density at radius 3 is 1.82 bits per heavy atom. The fraction of sp³-hybridized carbons (Fsp3) is 0.409. The van der Waals surface area contributed by atoms with Crippen LogP contribution >= 0.6 is 0 Å². The lowest BCUT2D eigenvalue weighted by Crippen LogP contribution is -1.96. The summed E-state index contributed by atoms with van der Waals surface area (Å²) < 4.78 is 5.76. The van der Waals surface area contributed by atoms with Gasteiger partial charge in [0, 0.05) is 12.1 Å². The number of rotatable bonds is 13. The number of nitro groups is 1. The molecule has 2 aromatic carbocycles. The van der Waals surface area contributed by atoms with Gasteiger partial charge in [0.25, 0.3) is 5.69 Å². The molecule has 0 N–H and O–H groups in total. The van der Waals surface area contributed by atoms with Gasteiger partial charge >= 0.3 is 0 Å². The number of hydrogen-bond acceptors (Lipinski definition) is 5. The third-order valence-electron chi connectivity index (χ3n) is 4.34. The molecule has 0 spiro atoms. The highest BCUT2D eigenvalue weighted by atomic mass is 16.6. The SMILES string of the molecule is [CH2]CCCCCCCCCOc1ccc(N=Nc2ccc([N+](=O)[O-])cc2)cc1. The van der Waals surface area contributed by atoms with E-state index in [2.05, 4.69) is 17.2 Å². The number of hydrogen-bond donors (Lipinski definition) is 0. The molecule has 0 amide bonds. The minimum atomic E-state index is -0.439. The summed E-state index contributed by atoms with van der Waals surface area (Å²) in [6.45, 7) is 4.59. The summed E-state index contributed by atoms with van der Waals surface area (Å²) in [5.74, 6) is 0.824. The number of azo groups is 1. The molecule has 0 aliphatic rings. The zero-order chi connectivity index (χ0) is 20.0. The first kappa shape index (κ1) is 21.5. The molecule has 1 radical (unpaired) electrons. The Morgan fingerprint density at radius 1 is 0.786 bits per heavy atom. The second-order valence-electron chi connectivity index (χ2n) is 6.64. The number of benzene rings is 2. The van der Waals surface area contributed by atoms with Crippen LogP contribution in [0.15, 0.2) is 58.8 Å². The molecule has 0 saturated carbocycles. The van der Waals surface area contributed by atoms with E-state index in [9.17, 15) is 10.1 Å². The topological polar surface area (TPSA) is 77.1 Å². The van der Waals surface area contributed by atoms with E-state index in [0.29, 0.717) is 11.4 Å². The minimum absolute atomic E-state index is 0.0366. The fourth-order valence-electron chi connectivity index (χ4n) is 2.72. The van der Waals surface area contributed by atoms with E-state index in [1.165, 1.54) is 50.7 Å². The van der Waals surface area contributed by atoms with Crippen LogP contribution in [-0.4, -0.2) is 11.5 Å². The van der Waals surface area contributed by atoms with E-state index in [1.807, 2.05) is 24.3 Å². The zero-order valence-corrected chi connectivity index (χ0v) is 16.3. The van der Waals surface area contributed by atoms with Crippen molar-refractivity contribution in [2.24, 2.45) is 10.2 Å². The molecule has 0 aliphatic carbocycles. The van der Waals surface area contributed by atoms with Crippen molar-refractivity contribution in [2.75, 3.05) is 6.61 Å². The summed E-state index contributed by atoms with van der Waals surface area (Å²) in [6, 6.07) is 13.4. The van der Waals surface area contributed by atoms with Gasteiger partial charge in [-0.05, 0) is 42.8 Å². The van der Waals surface area contributed by atoms with Gasteiger partial charge in [0.1, 0.15) is 5.75 Å². The Hall–Kier alpha value is -2.76. The molecule has 28 heavy (non-hydrogen) atoms. The number of nitro benzene ring substituents is 1. The first-order valence-corrected chi connectivity index (χ1v) is 9.87. The van der Waals surface area contributed by atoms with Crippen LogP contribution in [0.5, 0.6) is 5.75 Å². The molecule has 0 saturated heterocycles. The third-order valence-corrected chi connectivity index (χ3v) is 4.34. The summed E-state index contributed by atoms with van der Waals surface area (Å²) in [5, 5.41) is 18.9. The third kappa shape index (κ3) is 8.29. The van der Waals surface area contributed by atoms with Crippen molar-refractivity contribution in [2.45, 2.75) is 51.4 Å².